The van der Waals surface area contributed by atoms with Crippen molar-refractivity contribution < 1.29 is 24.0 Å². The van der Waals surface area contributed by atoms with Crippen LogP contribution in [0.3, 0.4) is 0 Å². The van der Waals surface area contributed by atoms with Crippen LogP contribution in [-0.2, 0) is 0 Å². The molecule has 10 nitrogen and oxygen atoms in total. The van der Waals surface area contributed by atoms with Gasteiger partial charge in [-0.15, -0.1) is 0 Å². The average Bonchev–Trinajstić information content (AvgIpc) is 3.25. The molecule has 1 aromatic carbocycles. The number of carbonyl (C=O) groups excluding carboxylic acids is 2. The van der Waals surface area contributed by atoms with Gasteiger partial charge in [0.05, 0.1) is 19.2 Å². The van der Waals surface area contributed by atoms with Crippen LogP contribution >= 0.6 is 0 Å². The molecule has 0 fully saturated rings. The van der Waals surface area contributed by atoms with Crippen LogP contribution < -0.4 is 10.1 Å². The molecule has 2 N–H and O–H groups in total. The molecule has 3 amide bonds. The normalized spacial score (nSPS) is 18.2. The van der Waals surface area contributed by atoms with Gasteiger partial charge in [0.15, 0.2) is 5.76 Å². The smallest absolute Gasteiger partial charge is 0.321 e. The molecule has 1 aliphatic heterocycles. The molecule has 3 heterocycles. The van der Waals surface area contributed by atoms with Gasteiger partial charge in [0.25, 0.3) is 5.91 Å². The number of aromatic nitrogens is 2. The summed E-state index contributed by atoms with van der Waals surface area (Å²) in [7, 11) is 1.67. The summed E-state index contributed by atoms with van der Waals surface area (Å²) in [4.78, 5) is 34.3. The first-order valence-electron chi connectivity index (χ1n) is 12.9. The second kappa shape index (κ2) is 12.1. The Kier molecular flexibility index (Phi) is 8.65. The molecule has 0 radical (unpaired) electrons. The number of aliphatic hydroxyl groups excluding tert-OH is 1. The van der Waals surface area contributed by atoms with Crippen molar-refractivity contribution in [2.45, 2.75) is 39.8 Å². The molecule has 39 heavy (non-hydrogen) atoms. The van der Waals surface area contributed by atoms with E-state index < -0.39 is 12.1 Å². The lowest BCUT2D eigenvalue weighted by Gasteiger charge is -2.37. The van der Waals surface area contributed by atoms with Gasteiger partial charge in [-0.2, -0.15) is 0 Å². The maximum atomic E-state index is 13.6. The van der Waals surface area contributed by atoms with Gasteiger partial charge in [0.1, 0.15) is 23.0 Å². The topological polar surface area (TPSA) is 121 Å². The molecular formula is C29H35N5O5. The number of nitrogens with zero attached hydrogens (tertiary/aromatic N) is 4. The van der Waals surface area contributed by atoms with Gasteiger partial charge >= 0.3 is 6.03 Å². The molecule has 0 saturated heterocycles. The number of pyridine rings is 1. The van der Waals surface area contributed by atoms with Crippen molar-refractivity contribution in [3.05, 3.63) is 70.7 Å². The summed E-state index contributed by atoms with van der Waals surface area (Å²) in [6.45, 7) is 7.65. The van der Waals surface area contributed by atoms with Crippen LogP contribution in [0.15, 0.2) is 47.1 Å². The number of hydrogen-bond acceptors (Lipinski definition) is 7. The van der Waals surface area contributed by atoms with Crippen molar-refractivity contribution in [3.63, 3.8) is 0 Å². The van der Waals surface area contributed by atoms with Gasteiger partial charge in [-0.3, -0.25) is 4.79 Å². The number of ether oxygens (including phenoxy) is 1. The van der Waals surface area contributed by atoms with E-state index in [9.17, 15) is 14.7 Å². The molecule has 4 rings (SSSR count). The number of fused-ring (bicyclic) bond motifs is 1. The van der Waals surface area contributed by atoms with Crippen LogP contribution in [0.25, 0.3) is 12.2 Å². The number of amides is 3. The lowest BCUT2D eigenvalue weighted by atomic mass is 10.00. The Labute approximate surface area is 228 Å². The molecule has 0 saturated carbocycles. The summed E-state index contributed by atoms with van der Waals surface area (Å²) in [6, 6.07) is 10.8. The van der Waals surface area contributed by atoms with Crippen molar-refractivity contribution in [1.82, 2.24) is 19.9 Å². The molecule has 0 unspecified atom stereocenters. The van der Waals surface area contributed by atoms with E-state index in [1.54, 1.807) is 45.0 Å². The molecule has 0 aliphatic carbocycles. The van der Waals surface area contributed by atoms with Crippen LogP contribution in [0.1, 0.15) is 46.8 Å². The second-order valence-corrected chi connectivity index (χ2v) is 10.00. The van der Waals surface area contributed by atoms with Crippen molar-refractivity contribution in [3.8, 4) is 5.88 Å². The maximum absolute atomic E-state index is 13.6. The Balaban J connectivity index is 1.60. The monoisotopic (exact) mass is 533 g/mol. The Morgan fingerprint density at radius 1 is 1.26 bits per heavy atom. The lowest BCUT2D eigenvalue weighted by Crippen LogP contribution is -2.50. The summed E-state index contributed by atoms with van der Waals surface area (Å²) < 4.78 is 11.4. The first-order valence-corrected chi connectivity index (χ1v) is 12.9. The quantitative estimate of drug-likeness (QED) is 0.466. The standard InChI is InChI=1S/C29H35N5O5/c1-18-15-34(19(2)17-35)28(36)24-13-23(12-11-22-9-7-6-8-10-22)14-30-27(24)38-25(18)16-33(5)29(37)31-26-20(3)32-39-21(26)4/h6-14,18-19,25,35H,15-17H2,1-5H3,(H,31,37)/t18-,19-,25+/m1/s1. The number of aliphatic hydroxyl groups is 1. The van der Waals surface area contributed by atoms with Crippen molar-refractivity contribution in [2.75, 3.05) is 32.1 Å². The molecule has 10 heteroatoms. The Morgan fingerprint density at radius 2 is 1.97 bits per heavy atom. The van der Waals surface area contributed by atoms with E-state index in [0.29, 0.717) is 29.2 Å². The van der Waals surface area contributed by atoms with Gasteiger partial charge in [0, 0.05) is 25.7 Å². The minimum Gasteiger partial charge on any atom is -0.472 e. The van der Waals surface area contributed by atoms with E-state index in [1.807, 2.05) is 49.4 Å². The summed E-state index contributed by atoms with van der Waals surface area (Å²) in [5.41, 5.74) is 3.20. The average molecular weight is 534 g/mol. The van der Waals surface area contributed by atoms with E-state index in [1.165, 1.54) is 4.90 Å². The van der Waals surface area contributed by atoms with Gasteiger partial charge in [0.2, 0.25) is 5.88 Å². The lowest BCUT2D eigenvalue weighted by molar-refractivity contribution is 0.0356. The zero-order valence-electron chi connectivity index (χ0n) is 22.9. The van der Waals surface area contributed by atoms with Crippen molar-refractivity contribution >= 4 is 29.8 Å². The Hall–Kier alpha value is -4.18. The first kappa shape index (κ1) is 27.8. The minimum atomic E-state index is -0.469. The molecule has 0 spiro atoms. The third-order valence-electron chi connectivity index (χ3n) is 6.88. The number of nitrogens with one attached hydrogen (secondary N) is 1. The summed E-state index contributed by atoms with van der Waals surface area (Å²) in [5, 5.41) is 16.6. The number of hydrogen-bond donors (Lipinski definition) is 2. The van der Waals surface area contributed by atoms with E-state index in [4.69, 9.17) is 9.26 Å². The van der Waals surface area contributed by atoms with Crippen LogP contribution in [0, 0.1) is 19.8 Å². The molecule has 1 aliphatic rings. The van der Waals surface area contributed by atoms with Crippen molar-refractivity contribution in [1.29, 1.82) is 0 Å². The number of benzene rings is 1. The van der Waals surface area contributed by atoms with Crippen LogP contribution in [0.5, 0.6) is 5.88 Å². The molecule has 3 aromatic rings. The number of likely N-dealkylation sites (N-methyl/N-ethyl adjacent to an activating group) is 1. The fraction of sp³-hybridized carbons (Fsp3) is 0.379. The summed E-state index contributed by atoms with van der Waals surface area (Å²) in [5.74, 6) is 0.295. The predicted molar refractivity (Wildman–Crippen MR) is 148 cm³/mol. The third-order valence-corrected chi connectivity index (χ3v) is 6.88. The second-order valence-electron chi connectivity index (χ2n) is 10.00. The van der Waals surface area contributed by atoms with Crippen LogP contribution in [0.2, 0.25) is 0 Å². The van der Waals surface area contributed by atoms with Gasteiger partial charge in [-0.25, -0.2) is 9.78 Å². The Bertz CT molecular complexity index is 1320. The van der Waals surface area contributed by atoms with Crippen LogP contribution in [-0.4, -0.2) is 75.9 Å². The number of rotatable bonds is 7. The highest BCUT2D eigenvalue weighted by atomic mass is 16.5. The molecule has 3 atom stereocenters. The zero-order chi connectivity index (χ0) is 28.1. The molecule has 0 bridgehead atoms. The zero-order valence-corrected chi connectivity index (χ0v) is 22.9. The number of carbonyl (C=O) groups is 2. The van der Waals surface area contributed by atoms with E-state index >= 15 is 0 Å². The van der Waals surface area contributed by atoms with Gasteiger partial charge in [-0.1, -0.05) is 54.6 Å². The van der Waals surface area contributed by atoms with Crippen LogP contribution in [0.4, 0.5) is 10.5 Å². The SMILES string of the molecule is Cc1noc(C)c1NC(=O)N(C)C[C@@H]1Oc2ncc(C=Cc3ccccc3)cc2C(=O)N([C@H](C)CO)C[C@H]1C. The summed E-state index contributed by atoms with van der Waals surface area (Å²) in [6.07, 6.45) is 5.02. The van der Waals surface area contributed by atoms with Crippen molar-refractivity contribution in [2.24, 2.45) is 5.92 Å². The highest BCUT2D eigenvalue weighted by Crippen LogP contribution is 2.28. The fourth-order valence-electron chi connectivity index (χ4n) is 4.40. The number of anilines is 1. The number of aryl methyl sites for hydroxylation is 2. The maximum Gasteiger partial charge on any atom is 0.321 e. The molecular weight excluding hydrogens is 498 g/mol. The van der Waals surface area contributed by atoms with E-state index in [2.05, 4.69) is 15.5 Å². The molecule has 206 valence electrons. The first-order chi connectivity index (χ1) is 18.7. The third kappa shape index (κ3) is 6.46. The number of urea groups is 1. The largest absolute Gasteiger partial charge is 0.472 e. The predicted octanol–water partition coefficient (Wildman–Crippen LogP) is 4.24. The molecule has 2 aromatic heterocycles. The Morgan fingerprint density at radius 3 is 2.64 bits per heavy atom. The summed E-state index contributed by atoms with van der Waals surface area (Å²) >= 11 is 0. The van der Waals surface area contributed by atoms with E-state index in [-0.39, 0.29) is 36.9 Å². The van der Waals surface area contributed by atoms with E-state index in [0.717, 1.165) is 11.1 Å². The van der Waals surface area contributed by atoms with Gasteiger partial charge in [-0.05, 0) is 38.0 Å². The highest BCUT2D eigenvalue weighted by Gasteiger charge is 2.34. The van der Waals surface area contributed by atoms with Gasteiger partial charge < -0.3 is 29.5 Å². The minimum absolute atomic E-state index is 0.162. The highest BCUT2D eigenvalue weighted by molar-refractivity contribution is 5.97. The fourth-order valence-corrected chi connectivity index (χ4v) is 4.40.